The molecule has 1 aliphatic heterocycles. The molecule has 0 aromatic carbocycles. The molecule has 7 nitrogen and oxygen atoms in total. The van der Waals surface area contributed by atoms with Crippen molar-refractivity contribution in [3.63, 3.8) is 0 Å². The zero-order valence-electron chi connectivity index (χ0n) is 17.8. The molecule has 5 rings (SSSR count). The van der Waals surface area contributed by atoms with Gasteiger partial charge in [0.15, 0.2) is 0 Å². The van der Waals surface area contributed by atoms with E-state index in [9.17, 15) is 9.18 Å². The van der Waals surface area contributed by atoms with Gasteiger partial charge in [-0.1, -0.05) is 6.07 Å². The predicted octanol–water partition coefficient (Wildman–Crippen LogP) is 3.17. The molecule has 4 aromatic rings. The summed E-state index contributed by atoms with van der Waals surface area (Å²) in [4.78, 5) is 24.2. The Bertz CT molecular complexity index is 1320. The minimum absolute atomic E-state index is 0.125. The van der Waals surface area contributed by atoms with Gasteiger partial charge in [0.05, 0.1) is 28.8 Å². The summed E-state index contributed by atoms with van der Waals surface area (Å²) in [6.07, 6.45) is 5.72. The van der Waals surface area contributed by atoms with Crippen LogP contribution < -0.4 is 5.56 Å². The number of pyridine rings is 1. The van der Waals surface area contributed by atoms with Gasteiger partial charge in [-0.3, -0.25) is 14.2 Å². The molecule has 1 saturated heterocycles. The van der Waals surface area contributed by atoms with E-state index >= 15 is 0 Å². The SMILES string of the molecule is Cc1cn2nc(-c3cc(=O)n4cc(C5CCN(CCF)CC5)ccc4n3)cc2c(C)n1. The first-order valence-corrected chi connectivity index (χ1v) is 10.7. The Labute approximate surface area is 179 Å². The Kier molecular flexibility index (Phi) is 5.02. The molecule has 0 radical (unpaired) electrons. The number of fused-ring (bicyclic) bond motifs is 2. The van der Waals surface area contributed by atoms with E-state index in [0.29, 0.717) is 29.5 Å². The normalized spacial score (nSPS) is 15.8. The van der Waals surface area contributed by atoms with Crippen molar-refractivity contribution in [3.8, 4) is 11.4 Å². The minimum atomic E-state index is -0.300. The highest BCUT2D eigenvalue weighted by Crippen LogP contribution is 2.28. The highest BCUT2D eigenvalue weighted by atomic mass is 19.1. The molecule has 8 heteroatoms. The van der Waals surface area contributed by atoms with Gasteiger partial charge >= 0.3 is 0 Å². The van der Waals surface area contributed by atoms with Gasteiger partial charge in [-0.25, -0.2) is 13.9 Å². The van der Waals surface area contributed by atoms with Crippen LogP contribution in [0.2, 0.25) is 0 Å². The average molecular weight is 420 g/mol. The molecule has 31 heavy (non-hydrogen) atoms. The summed E-state index contributed by atoms with van der Waals surface area (Å²) < 4.78 is 16.0. The molecule has 4 aromatic heterocycles. The van der Waals surface area contributed by atoms with Gasteiger partial charge in [0.1, 0.15) is 18.0 Å². The lowest BCUT2D eigenvalue weighted by Gasteiger charge is -2.31. The fraction of sp³-hybridized carbons (Fsp3) is 0.391. The number of hydrogen-bond donors (Lipinski definition) is 0. The van der Waals surface area contributed by atoms with Crippen LogP contribution in [0, 0.1) is 13.8 Å². The molecule has 0 saturated carbocycles. The molecule has 0 amide bonds. The molecule has 160 valence electrons. The van der Waals surface area contributed by atoms with Crippen molar-refractivity contribution in [2.24, 2.45) is 0 Å². The third kappa shape index (κ3) is 3.72. The second-order valence-corrected chi connectivity index (χ2v) is 8.30. The molecule has 0 atom stereocenters. The number of alkyl halides is 1. The van der Waals surface area contributed by atoms with Crippen LogP contribution in [0.15, 0.2) is 41.5 Å². The summed E-state index contributed by atoms with van der Waals surface area (Å²) >= 11 is 0. The first-order chi connectivity index (χ1) is 15.0. The van der Waals surface area contributed by atoms with Gasteiger partial charge in [0, 0.05) is 18.8 Å². The highest BCUT2D eigenvalue weighted by molar-refractivity contribution is 5.66. The molecule has 1 fully saturated rings. The van der Waals surface area contributed by atoms with Crippen LogP contribution in [0.3, 0.4) is 0 Å². The molecule has 1 aliphatic rings. The standard InChI is InChI=1S/C23H25FN6O/c1-15-13-30-21(16(2)25-15)11-20(27-30)19-12-23(31)29-14-18(3-4-22(29)26-19)17-5-8-28(9-6-17)10-7-24/h3-4,11-14,17H,5-10H2,1-2H3. The fourth-order valence-corrected chi connectivity index (χ4v) is 4.52. The first kappa shape index (κ1) is 19.8. The van der Waals surface area contributed by atoms with E-state index in [-0.39, 0.29) is 12.2 Å². The number of halogens is 1. The Morgan fingerprint density at radius 2 is 1.87 bits per heavy atom. The van der Waals surface area contributed by atoms with Crippen molar-refractivity contribution >= 4 is 11.2 Å². The Morgan fingerprint density at radius 3 is 2.65 bits per heavy atom. The molecule has 0 bridgehead atoms. The van der Waals surface area contributed by atoms with Gasteiger partial charge in [-0.05, 0) is 63.4 Å². The lowest BCUT2D eigenvalue weighted by atomic mass is 9.90. The van der Waals surface area contributed by atoms with Crippen molar-refractivity contribution in [3.05, 3.63) is 64.0 Å². The maximum absolute atomic E-state index is 12.9. The Balaban J connectivity index is 1.48. The summed E-state index contributed by atoms with van der Waals surface area (Å²) in [5, 5.41) is 4.60. The van der Waals surface area contributed by atoms with Crippen LogP contribution >= 0.6 is 0 Å². The van der Waals surface area contributed by atoms with Gasteiger partial charge in [-0.2, -0.15) is 5.10 Å². The zero-order chi connectivity index (χ0) is 21.5. The molecule has 0 spiro atoms. The molecule has 0 unspecified atom stereocenters. The largest absolute Gasteiger partial charge is 0.301 e. The van der Waals surface area contributed by atoms with E-state index in [0.717, 1.165) is 48.4 Å². The van der Waals surface area contributed by atoms with Gasteiger partial charge in [-0.15, -0.1) is 0 Å². The van der Waals surface area contributed by atoms with E-state index in [1.165, 1.54) is 6.07 Å². The molecule has 0 aliphatic carbocycles. The quantitative estimate of drug-likeness (QED) is 0.507. The van der Waals surface area contributed by atoms with Crippen molar-refractivity contribution in [1.82, 2.24) is 28.9 Å². The fourth-order valence-electron chi connectivity index (χ4n) is 4.52. The van der Waals surface area contributed by atoms with Crippen LogP contribution in [0.25, 0.3) is 22.6 Å². The molecular weight excluding hydrogens is 395 g/mol. The number of hydrogen-bond acceptors (Lipinski definition) is 5. The van der Waals surface area contributed by atoms with Crippen LogP contribution in [0.1, 0.15) is 35.7 Å². The summed E-state index contributed by atoms with van der Waals surface area (Å²) in [5.74, 6) is 0.379. The topological polar surface area (TPSA) is 67.8 Å². The summed E-state index contributed by atoms with van der Waals surface area (Å²) in [6.45, 7) is 5.86. The number of piperidine rings is 1. The monoisotopic (exact) mass is 420 g/mol. The molecular formula is C23H25FN6O. The van der Waals surface area contributed by atoms with Crippen molar-refractivity contribution in [2.75, 3.05) is 26.3 Å². The number of aromatic nitrogens is 5. The predicted molar refractivity (Wildman–Crippen MR) is 117 cm³/mol. The van der Waals surface area contributed by atoms with Crippen molar-refractivity contribution in [2.45, 2.75) is 32.6 Å². The van der Waals surface area contributed by atoms with Crippen molar-refractivity contribution in [1.29, 1.82) is 0 Å². The van der Waals surface area contributed by atoms with Gasteiger partial charge in [0.2, 0.25) is 0 Å². The third-order valence-corrected chi connectivity index (χ3v) is 6.16. The first-order valence-electron chi connectivity index (χ1n) is 10.7. The Morgan fingerprint density at radius 1 is 1.06 bits per heavy atom. The lowest BCUT2D eigenvalue weighted by Crippen LogP contribution is -2.34. The molecule has 0 N–H and O–H groups in total. The van der Waals surface area contributed by atoms with E-state index in [1.54, 1.807) is 8.92 Å². The maximum atomic E-state index is 12.9. The summed E-state index contributed by atoms with van der Waals surface area (Å²) in [7, 11) is 0. The number of aryl methyl sites for hydroxylation is 2. The van der Waals surface area contributed by atoms with Crippen LogP contribution in [0.5, 0.6) is 0 Å². The van der Waals surface area contributed by atoms with Crippen LogP contribution in [0.4, 0.5) is 4.39 Å². The van der Waals surface area contributed by atoms with E-state index in [2.05, 4.69) is 21.0 Å². The highest BCUT2D eigenvalue weighted by Gasteiger charge is 2.21. The van der Waals surface area contributed by atoms with E-state index in [1.807, 2.05) is 38.4 Å². The molecule has 5 heterocycles. The maximum Gasteiger partial charge on any atom is 0.258 e. The third-order valence-electron chi connectivity index (χ3n) is 6.16. The minimum Gasteiger partial charge on any atom is -0.301 e. The van der Waals surface area contributed by atoms with Gasteiger partial charge < -0.3 is 4.90 Å². The summed E-state index contributed by atoms with van der Waals surface area (Å²) in [6, 6.07) is 7.42. The van der Waals surface area contributed by atoms with Crippen LogP contribution in [-0.2, 0) is 0 Å². The van der Waals surface area contributed by atoms with Gasteiger partial charge in [0.25, 0.3) is 5.56 Å². The number of nitrogens with zero attached hydrogens (tertiary/aromatic N) is 6. The van der Waals surface area contributed by atoms with Crippen LogP contribution in [-0.4, -0.2) is 55.2 Å². The second kappa shape index (κ2) is 7.85. The lowest BCUT2D eigenvalue weighted by molar-refractivity contribution is 0.197. The van der Waals surface area contributed by atoms with Crippen molar-refractivity contribution < 1.29 is 4.39 Å². The number of rotatable bonds is 4. The smallest absolute Gasteiger partial charge is 0.258 e. The van der Waals surface area contributed by atoms with E-state index < -0.39 is 0 Å². The summed E-state index contributed by atoms with van der Waals surface area (Å²) in [5.41, 5.74) is 5.49. The average Bonchev–Trinajstić information content (AvgIpc) is 3.19. The zero-order valence-corrected chi connectivity index (χ0v) is 17.8. The second-order valence-electron chi connectivity index (χ2n) is 8.30. The number of likely N-dealkylation sites (tertiary alicyclic amines) is 1. The Hall–Kier alpha value is -3.13. The van der Waals surface area contributed by atoms with E-state index in [4.69, 9.17) is 4.98 Å².